The molecule has 1 unspecified atom stereocenters. The number of aliphatic hydroxyl groups excluding tert-OH is 1. The normalized spacial score (nSPS) is 15.7. The molecule has 1 aliphatic rings. The smallest absolute Gasteiger partial charge is 0.290 e. The van der Waals surface area contributed by atoms with Gasteiger partial charge in [0, 0.05) is 19.0 Å². The number of hydrogen-bond acceptors (Lipinski definition) is 8. The van der Waals surface area contributed by atoms with Crippen LogP contribution in [0.3, 0.4) is 0 Å². The molecular formula is C26H27NO8. The van der Waals surface area contributed by atoms with E-state index in [2.05, 4.69) is 0 Å². The second-order valence-electron chi connectivity index (χ2n) is 7.82. The molecule has 1 N–H and O–H groups in total. The molecule has 0 saturated carbocycles. The predicted molar refractivity (Wildman–Crippen MR) is 127 cm³/mol. The summed E-state index contributed by atoms with van der Waals surface area (Å²) in [5.41, 5.74) is 0.879. The lowest BCUT2D eigenvalue weighted by atomic mass is 9.94. The Morgan fingerprint density at radius 1 is 1.06 bits per heavy atom. The SMILES string of the molecule is CCOc1ccc(C2C(C(=O)c3cc4cccc(OC)c4o3)=C(O)C(=O)N2CCOC)cc1OC. The number of ether oxygens (including phenoxy) is 4. The third-order valence-electron chi connectivity index (χ3n) is 5.84. The van der Waals surface area contributed by atoms with Gasteiger partial charge in [-0.2, -0.15) is 0 Å². The molecule has 9 heteroatoms. The van der Waals surface area contributed by atoms with Crippen LogP contribution in [0.25, 0.3) is 11.0 Å². The molecule has 1 amide bonds. The van der Waals surface area contributed by atoms with Crippen molar-refractivity contribution in [3.63, 3.8) is 0 Å². The number of para-hydroxylation sites is 1. The molecule has 0 bridgehead atoms. The van der Waals surface area contributed by atoms with Gasteiger partial charge in [-0.05, 0) is 36.8 Å². The largest absolute Gasteiger partial charge is 0.503 e. The molecule has 0 saturated heterocycles. The molecule has 2 heterocycles. The van der Waals surface area contributed by atoms with Crippen molar-refractivity contribution in [1.82, 2.24) is 4.90 Å². The summed E-state index contributed by atoms with van der Waals surface area (Å²) in [5, 5.41) is 11.5. The van der Waals surface area contributed by atoms with Gasteiger partial charge < -0.3 is 33.4 Å². The molecule has 1 aliphatic heterocycles. The van der Waals surface area contributed by atoms with Crippen LogP contribution in [0, 0.1) is 0 Å². The fourth-order valence-corrected chi connectivity index (χ4v) is 4.22. The summed E-state index contributed by atoms with van der Waals surface area (Å²) in [5.74, 6) is -0.487. The molecule has 2 aromatic carbocycles. The Kier molecular flexibility index (Phi) is 6.97. The molecule has 35 heavy (non-hydrogen) atoms. The fraction of sp³-hybridized carbons (Fsp3) is 0.308. The zero-order valence-corrected chi connectivity index (χ0v) is 20.0. The Labute approximate surface area is 202 Å². The van der Waals surface area contributed by atoms with E-state index < -0.39 is 23.5 Å². The molecular weight excluding hydrogens is 454 g/mol. The molecule has 0 aliphatic carbocycles. The number of aliphatic hydroxyl groups is 1. The first-order valence-corrected chi connectivity index (χ1v) is 11.1. The number of hydrogen-bond donors (Lipinski definition) is 1. The highest BCUT2D eigenvalue weighted by molar-refractivity contribution is 6.16. The highest BCUT2D eigenvalue weighted by Gasteiger charge is 2.44. The van der Waals surface area contributed by atoms with Gasteiger partial charge in [0.25, 0.3) is 5.91 Å². The van der Waals surface area contributed by atoms with Crippen molar-refractivity contribution < 1.29 is 38.1 Å². The van der Waals surface area contributed by atoms with Crippen molar-refractivity contribution in [2.24, 2.45) is 0 Å². The van der Waals surface area contributed by atoms with E-state index in [0.717, 1.165) is 0 Å². The van der Waals surface area contributed by atoms with E-state index >= 15 is 0 Å². The van der Waals surface area contributed by atoms with Gasteiger partial charge in [0.1, 0.15) is 0 Å². The highest BCUT2D eigenvalue weighted by Crippen LogP contribution is 2.42. The molecule has 1 atom stereocenters. The Bertz CT molecular complexity index is 1290. The molecule has 1 aromatic heterocycles. The summed E-state index contributed by atoms with van der Waals surface area (Å²) in [6.07, 6.45) is 0. The third kappa shape index (κ3) is 4.30. The molecule has 4 rings (SSSR count). The van der Waals surface area contributed by atoms with E-state index in [-0.39, 0.29) is 24.5 Å². The van der Waals surface area contributed by atoms with Crippen LogP contribution < -0.4 is 14.2 Å². The zero-order chi connectivity index (χ0) is 25.1. The lowest BCUT2D eigenvalue weighted by Crippen LogP contribution is -2.34. The zero-order valence-electron chi connectivity index (χ0n) is 20.0. The van der Waals surface area contributed by atoms with Crippen LogP contribution in [0.4, 0.5) is 0 Å². The van der Waals surface area contributed by atoms with Crippen molar-refractivity contribution in [2.45, 2.75) is 13.0 Å². The van der Waals surface area contributed by atoms with Crippen LogP contribution in [0.5, 0.6) is 17.2 Å². The maximum absolute atomic E-state index is 13.7. The van der Waals surface area contributed by atoms with Gasteiger partial charge >= 0.3 is 0 Å². The number of methoxy groups -OCH3 is 3. The van der Waals surface area contributed by atoms with Crippen LogP contribution in [0.2, 0.25) is 0 Å². The summed E-state index contributed by atoms with van der Waals surface area (Å²) in [4.78, 5) is 28.1. The van der Waals surface area contributed by atoms with Crippen molar-refractivity contribution >= 4 is 22.7 Å². The number of rotatable bonds is 10. The summed E-state index contributed by atoms with van der Waals surface area (Å²) < 4.78 is 27.4. The Morgan fingerprint density at radius 3 is 2.51 bits per heavy atom. The number of Topliss-reactive ketones (excluding diaryl/α,β-unsaturated/α-hetero) is 1. The van der Waals surface area contributed by atoms with Gasteiger partial charge in [0.15, 0.2) is 34.4 Å². The van der Waals surface area contributed by atoms with E-state index in [1.54, 1.807) is 42.5 Å². The number of ketones is 1. The molecule has 9 nitrogen and oxygen atoms in total. The minimum Gasteiger partial charge on any atom is -0.503 e. The van der Waals surface area contributed by atoms with Gasteiger partial charge in [-0.25, -0.2) is 0 Å². The summed E-state index contributed by atoms with van der Waals surface area (Å²) in [6.45, 7) is 2.67. The Hall–Kier alpha value is -3.98. The first-order valence-electron chi connectivity index (χ1n) is 11.1. The molecule has 0 fully saturated rings. The number of benzene rings is 2. The van der Waals surface area contributed by atoms with Crippen LogP contribution in [-0.2, 0) is 9.53 Å². The number of fused-ring (bicyclic) bond motifs is 1. The first-order chi connectivity index (χ1) is 16.9. The van der Waals surface area contributed by atoms with Crippen LogP contribution in [-0.4, -0.2) is 62.8 Å². The third-order valence-corrected chi connectivity index (χ3v) is 5.84. The van der Waals surface area contributed by atoms with E-state index in [1.165, 1.54) is 26.2 Å². The summed E-state index contributed by atoms with van der Waals surface area (Å²) in [6, 6.07) is 11.1. The topological polar surface area (TPSA) is 108 Å². The van der Waals surface area contributed by atoms with Gasteiger partial charge in [0.2, 0.25) is 5.78 Å². The number of carbonyl (C=O) groups excluding carboxylic acids is 2. The molecule has 184 valence electrons. The minimum atomic E-state index is -0.884. The fourth-order valence-electron chi connectivity index (χ4n) is 4.22. The van der Waals surface area contributed by atoms with Gasteiger partial charge in [-0.3, -0.25) is 9.59 Å². The van der Waals surface area contributed by atoms with Crippen molar-refractivity contribution in [3.8, 4) is 17.2 Å². The average Bonchev–Trinajstić information content (AvgIpc) is 3.42. The monoisotopic (exact) mass is 481 g/mol. The van der Waals surface area contributed by atoms with Crippen molar-refractivity contribution in [3.05, 3.63) is 65.1 Å². The molecule has 0 spiro atoms. The van der Waals surface area contributed by atoms with Crippen LogP contribution in [0.1, 0.15) is 29.1 Å². The maximum atomic E-state index is 13.7. The lowest BCUT2D eigenvalue weighted by Gasteiger charge is -2.27. The van der Waals surface area contributed by atoms with Crippen molar-refractivity contribution in [2.75, 3.05) is 41.1 Å². The summed E-state index contributed by atoms with van der Waals surface area (Å²) >= 11 is 0. The predicted octanol–water partition coefficient (Wildman–Crippen LogP) is 4.07. The number of amides is 1. The van der Waals surface area contributed by atoms with Gasteiger partial charge in [-0.1, -0.05) is 18.2 Å². The van der Waals surface area contributed by atoms with Crippen LogP contribution in [0.15, 0.2) is 58.2 Å². The minimum absolute atomic E-state index is 0.0182. The van der Waals surface area contributed by atoms with E-state index in [1.807, 2.05) is 6.92 Å². The van der Waals surface area contributed by atoms with Crippen LogP contribution >= 0.6 is 0 Å². The number of furan rings is 1. The van der Waals surface area contributed by atoms with Gasteiger partial charge in [0.05, 0.1) is 39.0 Å². The number of nitrogens with zero attached hydrogens (tertiary/aromatic N) is 1. The first kappa shape index (κ1) is 24.2. The Morgan fingerprint density at radius 2 is 1.83 bits per heavy atom. The quantitative estimate of drug-likeness (QED) is 0.432. The van der Waals surface area contributed by atoms with E-state index in [4.69, 9.17) is 23.4 Å². The Balaban J connectivity index is 1.82. The summed E-state index contributed by atoms with van der Waals surface area (Å²) in [7, 11) is 4.52. The van der Waals surface area contributed by atoms with Gasteiger partial charge in [-0.15, -0.1) is 0 Å². The second-order valence-corrected chi connectivity index (χ2v) is 7.82. The van der Waals surface area contributed by atoms with E-state index in [9.17, 15) is 14.7 Å². The standard InChI is InChI=1S/C26H27NO8/c1-5-34-17-10-9-15(13-19(17)33-4)22-21(24(29)26(30)27(22)11-12-31-2)23(28)20-14-16-7-6-8-18(32-3)25(16)35-20/h6-10,13-14,22,29H,5,11-12H2,1-4H3. The number of carbonyl (C=O) groups is 2. The highest BCUT2D eigenvalue weighted by atomic mass is 16.5. The van der Waals surface area contributed by atoms with E-state index in [0.29, 0.717) is 40.4 Å². The molecule has 3 aromatic rings. The maximum Gasteiger partial charge on any atom is 0.290 e. The lowest BCUT2D eigenvalue weighted by molar-refractivity contribution is -0.130. The second kappa shape index (κ2) is 10.1. The average molecular weight is 482 g/mol. The van der Waals surface area contributed by atoms with Crippen molar-refractivity contribution in [1.29, 1.82) is 0 Å². The molecule has 0 radical (unpaired) electrons.